The maximum Gasteiger partial charge on any atom is 0.261 e. The van der Waals surface area contributed by atoms with Gasteiger partial charge in [-0.15, -0.1) is 0 Å². The first kappa shape index (κ1) is 12.9. The molecule has 0 aliphatic heterocycles. The van der Waals surface area contributed by atoms with E-state index in [4.69, 9.17) is 10.5 Å². The van der Waals surface area contributed by atoms with Gasteiger partial charge in [-0.05, 0) is 62.8 Å². The lowest BCUT2D eigenvalue weighted by Crippen LogP contribution is -2.50. The molecular formula is C15H21NO2. The lowest BCUT2D eigenvalue weighted by molar-refractivity contribution is -0.136. The number of amides is 1. The van der Waals surface area contributed by atoms with Crippen LogP contribution >= 0.6 is 0 Å². The smallest absolute Gasteiger partial charge is 0.261 e. The molecule has 3 heteroatoms. The van der Waals surface area contributed by atoms with Crippen molar-refractivity contribution >= 4 is 5.91 Å². The molecule has 1 amide bonds. The Kier molecular flexibility index (Phi) is 3.60. The molecular weight excluding hydrogens is 226 g/mol. The fourth-order valence-electron chi connectivity index (χ4n) is 2.74. The molecule has 0 heterocycles. The van der Waals surface area contributed by atoms with E-state index in [2.05, 4.69) is 6.07 Å². The summed E-state index contributed by atoms with van der Waals surface area (Å²) in [7, 11) is 0. The molecule has 18 heavy (non-hydrogen) atoms. The molecule has 2 N–H and O–H groups in total. The molecule has 1 saturated carbocycles. The minimum Gasteiger partial charge on any atom is -0.477 e. The van der Waals surface area contributed by atoms with E-state index in [1.807, 2.05) is 26.0 Å². The average Bonchev–Trinajstić information content (AvgIpc) is 2.28. The first-order chi connectivity index (χ1) is 8.52. The van der Waals surface area contributed by atoms with E-state index in [0.29, 0.717) is 0 Å². The highest BCUT2D eigenvalue weighted by Crippen LogP contribution is 2.33. The van der Waals surface area contributed by atoms with Crippen LogP contribution in [-0.4, -0.2) is 11.5 Å². The average molecular weight is 247 g/mol. The van der Waals surface area contributed by atoms with Crippen molar-refractivity contribution in [1.82, 2.24) is 0 Å². The highest BCUT2D eigenvalue weighted by atomic mass is 16.5. The van der Waals surface area contributed by atoms with E-state index in [1.165, 1.54) is 0 Å². The van der Waals surface area contributed by atoms with Crippen LogP contribution in [0.4, 0.5) is 0 Å². The Bertz CT molecular complexity index is 428. The zero-order valence-electron chi connectivity index (χ0n) is 11.2. The third kappa shape index (κ3) is 2.66. The Balaban J connectivity index is 2.25. The summed E-state index contributed by atoms with van der Waals surface area (Å²) in [5.41, 5.74) is 7.05. The molecule has 1 fully saturated rings. The summed E-state index contributed by atoms with van der Waals surface area (Å²) in [6.45, 7) is 4.05. The highest BCUT2D eigenvalue weighted by molar-refractivity contribution is 5.84. The first-order valence-corrected chi connectivity index (χ1v) is 6.59. The number of hydrogen-bond acceptors (Lipinski definition) is 2. The van der Waals surface area contributed by atoms with Gasteiger partial charge >= 0.3 is 0 Å². The van der Waals surface area contributed by atoms with Crippen molar-refractivity contribution in [3.8, 4) is 5.75 Å². The van der Waals surface area contributed by atoms with Crippen LogP contribution in [0.3, 0.4) is 0 Å². The van der Waals surface area contributed by atoms with Crippen molar-refractivity contribution in [3.05, 3.63) is 29.3 Å². The van der Waals surface area contributed by atoms with Gasteiger partial charge in [-0.2, -0.15) is 0 Å². The maximum absolute atomic E-state index is 11.7. The summed E-state index contributed by atoms with van der Waals surface area (Å²) >= 11 is 0. The molecule has 0 atom stereocenters. The second kappa shape index (κ2) is 5.01. The molecule has 1 aromatic rings. The predicted octanol–water partition coefficient (Wildman–Crippen LogP) is 2.87. The largest absolute Gasteiger partial charge is 0.477 e. The molecule has 0 unspecified atom stereocenters. The van der Waals surface area contributed by atoms with Crippen molar-refractivity contribution in [3.63, 3.8) is 0 Å². The zero-order valence-corrected chi connectivity index (χ0v) is 11.2. The number of primary amides is 1. The summed E-state index contributed by atoms with van der Waals surface area (Å²) in [6, 6.07) is 6.02. The summed E-state index contributed by atoms with van der Waals surface area (Å²) in [5, 5.41) is 0. The number of aryl methyl sites for hydroxylation is 2. The van der Waals surface area contributed by atoms with E-state index in [-0.39, 0.29) is 5.91 Å². The molecule has 1 aliphatic rings. The van der Waals surface area contributed by atoms with Crippen LogP contribution in [0.2, 0.25) is 0 Å². The fraction of sp³-hybridized carbons (Fsp3) is 0.533. The normalized spacial score (nSPS) is 18.3. The number of carbonyl (C=O) groups excluding carboxylic acids is 1. The Morgan fingerprint density at radius 2 is 1.67 bits per heavy atom. The van der Waals surface area contributed by atoms with Gasteiger partial charge < -0.3 is 10.5 Å². The summed E-state index contributed by atoms with van der Waals surface area (Å²) in [4.78, 5) is 11.7. The molecule has 1 aliphatic carbocycles. The van der Waals surface area contributed by atoms with Gasteiger partial charge in [0, 0.05) is 0 Å². The highest BCUT2D eigenvalue weighted by Gasteiger charge is 2.40. The van der Waals surface area contributed by atoms with Crippen LogP contribution in [-0.2, 0) is 4.79 Å². The molecule has 98 valence electrons. The van der Waals surface area contributed by atoms with E-state index in [9.17, 15) is 4.79 Å². The standard InChI is InChI=1S/C15H21NO2/c1-11-8-12(2)10-13(9-11)18-15(14(16)17)6-4-3-5-7-15/h8-10H,3-7H2,1-2H3,(H2,16,17). The number of benzene rings is 1. The van der Waals surface area contributed by atoms with Crippen LogP contribution in [0.15, 0.2) is 18.2 Å². The van der Waals surface area contributed by atoms with Crippen LogP contribution < -0.4 is 10.5 Å². The van der Waals surface area contributed by atoms with Crippen LogP contribution in [0.25, 0.3) is 0 Å². The SMILES string of the molecule is Cc1cc(C)cc(OC2(C(N)=O)CCCCC2)c1. The zero-order chi connectivity index (χ0) is 13.2. The first-order valence-electron chi connectivity index (χ1n) is 6.59. The van der Waals surface area contributed by atoms with E-state index in [1.54, 1.807) is 0 Å². The van der Waals surface area contributed by atoms with E-state index < -0.39 is 5.60 Å². The number of hydrogen-bond donors (Lipinski definition) is 1. The Morgan fingerprint density at radius 3 is 2.17 bits per heavy atom. The molecule has 0 aromatic heterocycles. The molecule has 3 nitrogen and oxygen atoms in total. The maximum atomic E-state index is 11.7. The van der Waals surface area contributed by atoms with Crippen molar-refractivity contribution in [2.75, 3.05) is 0 Å². The lowest BCUT2D eigenvalue weighted by atomic mass is 9.84. The third-order valence-corrected chi connectivity index (χ3v) is 3.62. The van der Waals surface area contributed by atoms with E-state index in [0.717, 1.165) is 49.0 Å². The van der Waals surface area contributed by atoms with Gasteiger partial charge in [0.05, 0.1) is 0 Å². The van der Waals surface area contributed by atoms with Gasteiger partial charge in [0.1, 0.15) is 5.75 Å². The van der Waals surface area contributed by atoms with Gasteiger partial charge in [0.15, 0.2) is 5.60 Å². The lowest BCUT2D eigenvalue weighted by Gasteiger charge is -2.34. The summed E-state index contributed by atoms with van der Waals surface area (Å²) in [5.74, 6) is 0.426. The molecule has 1 aromatic carbocycles. The third-order valence-electron chi connectivity index (χ3n) is 3.62. The minimum absolute atomic E-state index is 0.332. The summed E-state index contributed by atoms with van der Waals surface area (Å²) < 4.78 is 5.99. The van der Waals surface area contributed by atoms with Crippen LogP contribution in [0.5, 0.6) is 5.75 Å². The molecule has 0 bridgehead atoms. The van der Waals surface area contributed by atoms with Crippen molar-refractivity contribution in [1.29, 1.82) is 0 Å². The second-order valence-electron chi connectivity index (χ2n) is 5.34. The molecule has 2 rings (SSSR count). The Morgan fingerprint density at radius 1 is 1.11 bits per heavy atom. The van der Waals surface area contributed by atoms with Gasteiger partial charge in [-0.25, -0.2) is 0 Å². The number of ether oxygens (including phenoxy) is 1. The minimum atomic E-state index is -0.793. The van der Waals surface area contributed by atoms with Crippen molar-refractivity contribution < 1.29 is 9.53 Å². The molecule has 0 spiro atoms. The monoisotopic (exact) mass is 247 g/mol. The van der Waals surface area contributed by atoms with Crippen molar-refractivity contribution in [2.24, 2.45) is 5.73 Å². The fourth-order valence-corrected chi connectivity index (χ4v) is 2.74. The Labute approximate surface area is 108 Å². The van der Waals surface area contributed by atoms with Gasteiger partial charge in [-0.3, -0.25) is 4.79 Å². The molecule has 0 radical (unpaired) electrons. The Hall–Kier alpha value is -1.51. The summed E-state index contributed by atoms with van der Waals surface area (Å²) in [6.07, 6.45) is 4.64. The van der Waals surface area contributed by atoms with Gasteiger partial charge in [-0.1, -0.05) is 12.5 Å². The van der Waals surface area contributed by atoms with E-state index >= 15 is 0 Å². The second-order valence-corrected chi connectivity index (χ2v) is 5.34. The topological polar surface area (TPSA) is 52.3 Å². The van der Waals surface area contributed by atoms with Crippen LogP contribution in [0, 0.1) is 13.8 Å². The number of carbonyl (C=O) groups is 1. The predicted molar refractivity (Wildman–Crippen MR) is 71.6 cm³/mol. The number of rotatable bonds is 3. The van der Waals surface area contributed by atoms with Gasteiger partial charge in [0.2, 0.25) is 0 Å². The van der Waals surface area contributed by atoms with Gasteiger partial charge in [0.25, 0.3) is 5.91 Å². The number of nitrogens with two attached hydrogens (primary N) is 1. The molecule has 0 saturated heterocycles. The van der Waals surface area contributed by atoms with Crippen molar-refractivity contribution in [2.45, 2.75) is 51.6 Å². The quantitative estimate of drug-likeness (QED) is 0.893. The van der Waals surface area contributed by atoms with Crippen LogP contribution in [0.1, 0.15) is 43.2 Å².